The second kappa shape index (κ2) is 6.27. The van der Waals surface area contributed by atoms with Crippen molar-refractivity contribution in [2.24, 2.45) is 5.92 Å². The fraction of sp³-hybridized carbons (Fsp3) is 0.636. The van der Waals surface area contributed by atoms with Gasteiger partial charge in [0.25, 0.3) is 0 Å². The van der Waals surface area contributed by atoms with Gasteiger partial charge in [0, 0.05) is 19.6 Å². The van der Waals surface area contributed by atoms with Crippen molar-refractivity contribution in [3.8, 4) is 5.88 Å². The molecule has 0 aliphatic rings. The second-order valence-corrected chi connectivity index (χ2v) is 3.99. The van der Waals surface area contributed by atoms with Gasteiger partial charge in [-0.2, -0.15) is 4.98 Å². The molecular formula is C11H19N3O2. The van der Waals surface area contributed by atoms with E-state index in [1.165, 1.54) is 0 Å². The lowest BCUT2D eigenvalue weighted by atomic mass is 10.1. The van der Waals surface area contributed by atoms with Crippen LogP contribution in [0.2, 0.25) is 0 Å². The molecule has 0 unspecified atom stereocenters. The largest absolute Gasteiger partial charge is 0.475 e. The first-order chi connectivity index (χ1) is 7.61. The van der Waals surface area contributed by atoms with E-state index in [0.717, 1.165) is 12.2 Å². The van der Waals surface area contributed by atoms with E-state index in [2.05, 4.69) is 23.8 Å². The van der Waals surface area contributed by atoms with Crippen LogP contribution in [0.3, 0.4) is 0 Å². The number of anilines is 1. The Balaban J connectivity index is 2.65. The summed E-state index contributed by atoms with van der Waals surface area (Å²) in [5.41, 5.74) is 5.68. The lowest BCUT2D eigenvalue weighted by Gasteiger charge is -2.08. The first kappa shape index (κ1) is 12.7. The number of nitrogens with zero attached hydrogens (tertiary/aromatic N) is 2. The van der Waals surface area contributed by atoms with Crippen molar-refractivity contribution < 1.29 is 9.47 Å². The van der Waals surface area contributed by atoms with Crippen molar-refractivity contribution in [3.05, 3.63) is 11.9 Å². The first-order valence-electron chi connectivity index (χ1n) is 5.37. The molecule has 0 aromatic carbocycles. The van der Waals surface area contributed by atoms with Crippen molar-refractivity contribution in [1.29, 1.82) is 0 Å². The molecule has 5 nitrogen and oxygen atoms in total. The van der Waals surface area contributed by atoms with Gasteiger partial charge in [-0.05, 0) is 5.92 Å². The Kier molecular flexibility index (Phi) is 4.98. The molecule has 0 amide bonds. The zero-order chi connectivity index (χ0) is 12.0. The Morgan fingerprint density at radius 1 is 1.31 bits per heavy atom. The zero-order valence-corrected chi connectivity index (χ0v) is 10.1. The molecule has 1 aromatic heterocycles. The fourth-order valence-corrected chi connectivity index (χ4v) is 1.25. The number of hydrogen-bond donors (Lipinski definition) is 1. The van der Waals surface area contributed by atoms with E-state index in [9.17, 15) is 0 Å². The number of hydrogen-bond acceptors (Lipinski definition) is 5. The van der Waals surface area contributed by atoms with Crippen LogP contribution in [0.4, 0.5) is 5.82 Å². The van der Waals surface area contributed by atoms with Crippen LogP contribution in [0.25, 0.3) is 0 Å². The maximum Gasteiger partial charge on any atom is 0.218 e. The molecule has 0 aliphatic carbocycles. The lowest BCUT2D eigenvalue weighted by molar-refractivity contribution is 0.143. The van der Waals surface area contributed by atoms with Gasteiger partial charge in [0.1, 0.15) is 18.2 Å². The van der Waals surface area contributed by atoms with Crippen molar-refractivity contribution >= 4 is 5.82 Å². The van der Waals surface area contributed by atoms with Crippen LogP contribution in [-0.4, -0.2) is 30.3 Å². The number of methoxy groups -OCH3 is 1. The molecular weight excluding hydrogens is 206 g/mol. The number of ether oxygens (including phenoxy) is 2. The summed E-state index contributed by atoms with van der Waals surface area (Å²) in [5, 5.41) is 0. The molecule has 90 valence electrons. The maximum absolute atomic E-state index is 5.68. The number of aromatic nitrogens is 2. The third-order valence-corrected chi connectivity index (χ3v) is 1.90. The van der Waals surface area contributed by atoms with Crippen LogP contribution >= 0.6 is 0 Å². The van der Waals surface area contributed by atoms with E-state index in [1.54, 1.807) is 13.2 Å². The number of nitrogens with two attached hydrogens (primary N) is 1. The van der Waals surface area contributed by atoms with E-state index in [-0.39, 0.29) is 0 Å². The predicted molar refractivity (Wildman–Crippen MR) is 62.4 cm³/mol. The fourth-order valence-electron chi connectivity index (χ4n) is 1.25. The minimum atomic E-state index is 0.443. The van der Waals surface area contributed by atoms with Crippen LogP contribution in [0.15, 0.2) is 6.07 Å². The van der Waals surface area contributed by atoms with Crippen LogP contribution < -0.4 is 10.5 Å². The molecule has 2 N–H and O–H groups in total. The van der Waals surface area contributed by atoms with E-state index < -0.39 is 0 Å². The van der Waals surface area contributed by atoms with Crippen molar-refractivity contribution in [2.45, 2.75) is 20.3 Å². The standard InChI is InChI=1S/C11H19N3O2/c1-8(2)6-10-13-9(12)7-11(14-10)16-5-4-15-3/h7-8H,4-6H2,1-3H3,(H2,12,13,14). The maximum atomic E-state index is 5.68. The highest BCUT2D eigenvalue weighted by atomic mass is 16.5. The summed E-state index contributed by atoms with van der Waals surface area (Å²) in [5.74, 6) is 2.18. The molecule has 5 heteroatoms. The van der Waals surface area contributed by atoms with E-state index >= 15 is 0 Å². The van der Waals surface area contributed by atoms with Crippen LogP contribution in [0, 0.1) is 5.92 Å². The molecule has 0 spiro atoms. The Morgan fingerprint density at radius 2 is 2.06 bits per heavy atom. The Hall–Kier alpha value is -1.36. The molecule has 0 atom stereocenters. The van der Waals surface area contributed by atoms with Crippen molar-refractivity contribution in [2.75, 3.05) is 26.1 Å². The Labute approximate surface area is 96.0 Å². The van der Waals surface area contributed by atoms with Gasteiger partial charge < -0.3 is 15.2 Å². The summed E-state index contributed by atoms with van der Waals surface area (Å²) in [6.45, 7) is 5.22. The Morgan fingerprint density at radius 3 is 2.69 bits per heavy atom. The highest BCUT2D eigenvalue weighted by molar-refractivity contribution is 5.32. The van der Waals surface area contributed by atoms with Gasteiger partial charge >= 0.3 is 0 Å². The van der Waals surface area contributed by atoms with E-state index in [1.807, 2.05) is 0 Å². The summed E-state index contributed by atoms with van der Waals surface area (Å²) in [4.78, 5) is 8.43. The molecule has 0 aliphatic heterocycles. The molecule has 0 saturated heterocycles. The molecule has 1 heterocycles. The van der Waals surface area contributed by atoms with Gasteiger partial charge in [-0.3, -0.25) is 0 Å². The first-order valence-corrected chi connectivity index (χ1v) is 5.37. The summed E-state index contributed by atoms with van der Waals surface area (Å²) in [6.07, 6.45) is 0.797. The van der Waals surface area contributed by atoms with Crippen LogP contribution in [-0.2, 0) is 11.2 Å². The number of rotatable bonds is 6. The molecule has 0 saturated carbocycles. The monoisotopic (exact) mass is 225 g/mol. The smallest absolute Gasteiger partial charge is 0.218 e. The van der Waals surface area contributed by atoms with Gasteiger partial charge in [-0.25, -0.2) is 4.98 Å². The molecule has 0 radical (unpaired) electrons. The highest BCUT2D eigenvalue weighted by Gasteiger charge is 2.05. The van der Waals surface area contributed by atoms with Gasteiger partial charge in [0.15, 0.2) is 0 Å². The zero-order valence-electron chi connectivity index (χ0n) is 10.1. The van der Waals surface area contributed by atoms with Gasteiger partial charge in [-0.1, -0.05) is 13.8 Å². The SMILES string of the molecule is COCCOc1cc(N)nc(CC(C)C)n1. The average molecular weight is 225 g/mol. The van der Waals surface area contributed by atoms with E-state index in [4.69, 9.17) is 15.2 Å². The predicted octanol–water partition coefficient (Wildman–Crippen LogP) is 1.28. The van der Waals surface area contributed by atoms with E-state index in [0.29, 0.717) is 30.8 Å². The van der Waals surface area contributed by atoms with Crippen molar-refractivity contribution in [1.82, 2.24) is 9.97 Å². The summed E-state index contributed by atoms with van der Waals surface area (Å²) >= 11 is 0. The summed E-state index contributed by atoms with van der Waals surface area (Å²) in [7, 11) is 1.63. The van der Waals surface area contributed by atoms with Crippen LogP contribution in [0.5, 0.6) is 5.88 Å². The molecule has 16 heavy (non-hydrogen) atoms. The van der Waals surface area contributed by atoms with Gasteiger partial charge in [0.2, 0.25) is 5.88 Å². The van der Waals surface area contributed by atoms with Gasteiger partial charge in [-0.15, -0.1) is 0 Å². The molecule has 0 fully saturated rings. The minimum absolute atomic E-state index is 0.443. The third-order valence-electron chi connectivity index (χ3n) is 1.90. The average Bonchev–Trinajstić information content (AvgIpc) is 2.16. The second-order valence-electron chi connectivity index (χ2n) is 3.99. The Bertz CT molecular complexity index is 329. The molecule has 1 rings (SSSR count). The third kappa shape index (κ3) is 4.44. The summed E-state index contributed by atoms with van der Waals surface area (Å²) in [6, 6.07) is 1.62. The lowest BCUT2D eigenvalue weighted by Crippen LogP contribution is -2.09. The normalized spacial score (nSPS) is 10.8. The molecule has 1 aromatic rings. The van der Waals surface area contributed by atoms with Gasteiger partial charge in [0.05, 0.1) is 6.61 Å². The molecule has 0 bridgehead atoms. The number of nitrogen functional groups attached to an aromatic ring is 1. The topological polar surface area (TPSA) is 70.3 Å². The highest BCUT2D eigenvalue weighted by Crippen LogP contribution is 2.13. The summed E-state index contributed by atoms with van der Waals surface area (Å²) < 4.78 is 10.3. The van der Waals surface area contributed by atoms with Crippen LogP contribution in [0.1, 0.15) is 19.7 Å². The quantitative estimate of drug-likeness (QED) is 0.738. The minimum Gasteiger partial charge on any atom is -0.475 e. The van der Waals surface area contributed by atoms with Crippen molar-refractivity contribution in [3.63, 3.8) is 0 Å².